The summed E-state index contributed by atoms with van der Waals surface area (Å²) in [6.07, 6.45) is 0. The Morgan fingerprint density at radius 1 is 1.53 bits per heavy atom. The van der Waals surface area contributed by atoms with Gasteiger partial charge in [0.05, 0.1) is 23.7 Å². The molecule has 0 unspecified atom stereocenters. The number of nitrogens with one attached hydrogen (secondary N) is 1. The standard InChI is InChI=1S/C12H15ClN2O2/c1-17-12(16)9-6-15-5-8(9)7-2-3-10(13)11(14)4-7/h2-4,8-9,15H,5-6,14H2,1H3/t8-,9+/m0/s1. The molecule has 4 nitrogen and oxygen atoms in total. The molecule has 5 heteroatoms. The lowest BCUT2D eigenvalue weighted by molar-refractivity contribution is -0.145. The Bertz CT molecular complexity index is 437. The van der Waals surface area contributed by atoms with Crippen LogP contribution in [-0.4, -0.2) is 26.2 Å². The van der Waals surface area contributed by atoms with Crippen molar-refractivity contribution in [3.05, 3.63) is 28.8 Å². The first-order chi connectivity index (χ1) is 8.13. The molecule has 0 aliphatic carbocycles. The van der Waals surface area contributed by atoms with Crippen molar-refractivity contribution in [2.45, 2.75) is 5.92 Å². The van der Waals surface area contributed by atoms with Crippen LogP contribution >= 0.6 is 11.6 Å². The van der Waals surface area contributed by atoms with Crippen molar-refractivity contribution in [2.24, 2.45) is 5.92 Å². The SMILES string of the molecule is COC(=O)[C@@H]1CNC[C@H]1c1ccc(Cl)c(N)c1. The fraction of sp³-hybridized carbons (Fsp3) is 0.417. The van der Waals surface area contributed by atoms with Crippen molar-refractivity contribution >= 4 is 23.3 Å². The number of hydrogen-bond acceptors (Lipinski definition) is 4. The van der Waals surface area contributed by atoms with Gasteiger partial charge in [0.25, 0.3) is 0 Å². The number of methoxy groups -OCH3 is 1. The molecule has 1 aromatic carbocycles. The fourth-order valence-corrected chi connectivity index (χ4v) is 2.34. The molecule has 92 valence electrons. The molecule has 0 bridgehead atoms. The van der Waals surface area contributed by atoms with Crippen molar-refractivity contribution in [3.63, 3.8) is 0 Å². The predicted molar refractivity (Wildman–Crippen MR) is 67.0 cm³/mol. The van der Waals surface area contributed by atoms with E-state index in [1.807, 2.05) is 12.1 Å². The number of nitrogens with two attached hydrogens (primary N) is 1. The van der Waals surface area contributed by atoms with E-state index >= 15 is 0 Å². The number of halogens is 1. The molecule has 0 amide bonds. The molecule has 1 heterocycles. The molecule has 0 saturated carbocycles. The maximum absolute atomic E-state index is 11.6. The lowest BCUT2D eigenvalue weighted by Gasteiger charge is -2.17. The average molecular weight is 255 g/mol. The number of nitrogen functional groups attached to an aromatic ring is 1. The Kier molecular flexibility index (Phi) is 3.54. The number of carbonyl (C=O) groups is 1. The molecule has 2 rings (SSSR count). The molecule has 1 aliphatic rings. The van der Waals surface area contributed by atoms with Crippen LogP contribution < -0.4 is 11.1 Å². The zero-order valence-electron chi connectivity index (χ0n) is 9.57. The second-order valence-electron chi connectivity index (χ2n) is 4.18. The molecular weight excluding hydrogens is 240 g/mol. The third-order valence-electron chi connectivity index (χ3n) is 3.17. The quantitative estimate of drug-likeness (QED) is 0.619. The Labute approximate surface area is 105 Å². The van der Waals surface area contributed by atoms with Gasteiger partial charge in [0.2, 0.25) is 0 Å². The lowest BCUT2D eigenvalue weighted by atomic mass is 9.89. The molecule has 1 saturated heterocycles. The van der Waals surface area contributed by atoms with Crippen LogP contribution in [0.4, 0.5) is 5.69 Å². The van der Waals surface area contributed by atoms with E-state index in [0.717, 1.165) is 12.1 Å². The summed E-state index contributed by atoms with van der Waals surface area (Å²) in [6.45, 7) is 1.39. The number of rotatable bonds is 2. The highest BCUT2D eigenvalue weighted by atomic mass is 35.5. The van der Waals surface area contributed by atoms with Gasteiger partial charge in [0.1, 0.15) is 0 Å². The Balaban J connectivity index is 2.26. The monoisotopic (exact) mass is 254 g/mol. The topological polar surface area (TPSA) is 64.3 Å². The van der Waals surface area contributed by atoms with Crippen LogP contribution in [0, 0.1) is 5.92 Å². The molecule has 17 heavy (non-hydrogen) atoms. The highest BCUT2D eigenvalue weighted by molar-refractivity contribution is 6.33. The van der Waals surface area contributed by atoms with Crippen molar-refractivity contribution in [3.8, 4) is 0 Å². The highest BCUT2D eigenvalue weighted by Gasteiger charge is 2.34. The van der Waals surface area contributed by atoms with Crippen LogP contribution in [0.15, 0.2) is 18.2 Å². The summed E-state index contributed by atoms with van der Waals surface area (Å²) in [7, 11) is 1.41. The molecular formula is C12H15ClN2O2. The zero-order valence-corrected chi connectivity index (χ0v) is 10.3. The summed E-state index contributed by atoms with van der Waals surface area (Å²) >= 11 is 5.88. The summed E-state index contributed by atoms with van der Waals surface area (Å²) in [5.74, 6) is -0.240. The lowest BCUT2D eigenvalue weighted by Crippen LogP contribution is -2.23. The van der Waals surface area contributed by atoms with Gasteiger partial charge < -0.3 is 15.8 Å². The van der Waals surface area contributed by atoms with Crippen LogP contribution in [0.3, 0.4) is 0 Å². The summed E-state index contributed by atoms with van der Waals surface area (Å²) < 4.78 is 4.80. The van der Waals surface area contributed by atoms with Crippen LogP contribution in [0.5, 0.6) is 0 Å². The largest absolute Gasteiger partial charge is 0.469 e. The minimum absolute atomic E-state index is 0.0991. The Hall–Kier alpha value is -1.26. The molecule has 0 spiro atoms. The summed E-state index contributed by atoms with van der Waals surface area (Å²) in [4.78, 5) is 11.6. The predicted octanol–water partition coefficient (Wildman–Crippen LogP) is 1.40. The van der Waals surface area contributed by atoms with E-state index in [1.165, 1.54) is 7.11 Å². The first-order valence-corrected chi connectivity index (χ1v) is 5.84. The second-order valence-corrected chi connectivity index (χ2v) is 4.58. The van der Waals surface area contributed by atoms with Gasteiger partial charge in [0.15, 0.2) is 0 Å². The van der Waals surface area contributed by atoms with Crippen LogP contribution in [0.25, 0.3) is 0 Å². The van der Waals surface area contributed by atoms with Crippen LogP contribution in [0.2, 0.25) is 5.02 Å². The van der Waals surface area contributed by atoms with Crippen LogP contribution in [-0.2, 0) is 9.53 Å². The average Bonchev–Trinajstić information content (AvgIpc) is 2.80. The van der Waals surface area contributed by atoms with Gasteiger partial charge in [-0.15, -0.1) is 0 Å². The molecule has 3 N–H and O–H groups in total. The van der Waals surface area contributed by atoms with Crippen molar-refractivity contribution in [1.29, 1.82) is 0 Å². The second kappa shape index (κ2) is 4.94. The molecule has 2 atom stereocenters. The molecule has 1 aromatic rings. The number of carbonyl (C=O) groups excluding carboxylic acids is 1. The van der Waals surface area contributed by atoms with Crippen molar-refractivity contribution in [1.82, 2.24) is 5.32 Å². The van der Waals surface area contributed by atoms with E-state index < -0.39 is 0 Å². The van der Waals surface area contributed by atoms with Gasteiger partial charge >= 0.3 is 5.97 Å². The Morgan fingerprint density at radius 3 is 2.94 bits per heavy atom. The van der Waals surface area contributed by atoms with Gasteiger partial charge in [-0.2, -0.15) is 0 Å². The number of ether oxygens (including phenoxy) is 1. The van der Waals surface area contributed by atoms with Crippen LogP contribution in [0.1, 0.15) is 11.5 Å². The van der Waals surface area contributed by atoms with Gasteiger partial charge in [-0.1, -0.05) is 17.7 Å². The normalized spacial score (nSPS) is 23.6. The van der Waals surface area contributed by atoms with E-state index in [0.29, 0.717) is 17.3 Å². The van der Waals surface area contributed by atoms with Gasteiger partial charge in [0, 0.05) is 19.0 Å². The minimum Gasteiger partial charge on any atom is -0.469 e. The Morgan fingerprint density at radius 2 is 2.29 bits per heavy atom. The van der Waals surface area contributed by atoms with E-state index in [1.54, 1.807) is 6.07 Å². The number of anilines is 1. The number of benzene rings is 1. The van der Waals surface area contributed by atoms with Gasteiger partial charge in [-0.25, -0.2) is 0 Å². The third kappa shape index (κ3) is 2.37. The van der Waals surface area contributed by atoms with E-state index in [2.05, 4.69) is 5.32 Å². The molecule has 1 aliphatic heterocycles. The van der Waals surface area contributed by atoms with Crippen molar-refractivity contribution in [2.75, 3.05) is 25.9 Å². The zero-order chi connectivity index (χ0) is 12.4. The molecule has 0 aromatic heterocycles. The summed E-state index contributed by atoms with van der Waals surface area (Å²) in [5.41, 5.74) is 7.34. The highest BCUT2D eigenvalue weighted by Crippen LogP contribution is 2.32. The van der Waals surface area contributed by atoms with E-state index in [4.69, 9.17) is 22.1 Å². The summed E-state index contributed by atoms with van der Waals surface area (Å²) in [6, 6.07) is 5.50. The minimum atomic E-state index is -0.187. The fourth-order valence-electron chi connectivity index (χ4n) is 2.22. The summed E-state index contributed by atoms with van der Waals surface area (Å²) in [5, 5.41) is 3.73. The first-order valence-electron chi connectivity index (χ1n) is 5.47. The van der Waals surface area contributed by atoms with Gasteiger partial charge in [-0.05, 0) is 17.7 Å². The first kappa shape index (κ1) is 12.2. The van der Waals surface area contributed by atoms with Gasteiger partial charge in [-0.3, -0.25) is 4.79 Å². The third-order valence-corrected chi connectivity index (χ3v) is 3.51. The van der Waals surface area contributed by atoms with E-state index in [-0.39, 0.29) is 17.8 Å². The maximum Gasteiger partial charge on any atom is 0.310 e. The van der Waals surface area contributed by atoms with E-state index in [9.17, 15) is 4.79 Å². The molecule has 0 radical (unpaired) electrons. The van der Waals surface area contributed by atoms with Crippen molar-refractivity contribution < 1.29 is 9.53 Å². The maximum atomic E-state index is 11.6. The molecule has 1 fully saturated rings. The number of esters is 1. The smallest absolute Gasteiger partial charge is 0.310 e. The number of hydrogen-bond donors (Lipinski definition) is 2.